The third-order valence-corrected chi connectivity index (χ3v) is 5.14. The van der Waals surface area contributed by atoms with E-state index in [1.165, 1.54) is 4.90 Å². The van der Waals surface area contributed by atoms with Gasteiger partial charge in [-0.3, -0.25) is 21.5 Å². The highest BCUT2D eigenvalue weighted by atomic mass is 35.5. The molecule has 0 radical (unpaired) electrons. The lowest BCUT2D eigenvalue weighted by atomic mass is 10.1. The maximum absolute atomic E-state index is 11.7. The molecule has 0 aliphatic heterocycles. The number of hydrogen-bond acceptors (Lipinski definition) is 4. The van der Waals surface area contributed by atoms with Gasteiger partial charge in [-0.1, -0.05) is 23.2 Å². The van der Waals surface area contributed by atoms with Crippen molar-refractivity contribution < 1.29 is 9.59 Å². The molecule has 0 spiro atoms. The van der Waals surface area contributed by atoms with Gasteiger partial charge in [0.25, 0.3) is 0 Å². The molecule has 0 fully saturated rings. The van der Waals surface area contributed by atoms with Crippen molar-refractivity contribution in [2.24, 2.45) is 5.73 Å². The fourth-order valence-corrected chi connectivity index (χ4v) is 3.45. The van der Waals surface area contributed by atoms with Crippen LogP contribution < -0.4 is 31.5 Å². The molecule has 12 heteroatoms. The second-order valence-corrected chi connectivity index (χ2v) is 9.87. The Hall–Kier alpha value is -3.50. The topological polar surface area (TPSA) is 150 Å². The number of hydrogen-bond donors (Lipinski definition) is 6. The number of nitrogens with one attached hydrogen (secondary N) is 5. The van der Waals surface area contributed by atoms with E-state index in [1.54, 1.807) is 43.3 Å². The number of carbonyl (C=O) groups is 2. The number of amides is 4. The Labute approximate surface area is 222 Å². The molecule has 0 saturated carbocycles. The van der Waals surface area contributed by atoms with Crippen molar-refractivity contribution >= 4 is 58.6 Å². The zero-order chi connectivity index (χ0) is 27.8. The van der Waals surface area contributed by atoms with E-state index in [9.17, 15) is 9.59 Å². The first kappa shape index (κ1) is 30.5. The van der Waals surface area contributed by atoms with Gasteiger partial charge in [0, 0.05) is 41.1 Å². The number of carbonyl (C=O) groups excluding carboxylic acids is 2. The van der Waals surface area contributed by atoms with Crippen LogP contribution in [-0.2, 0) is 0 Å². The van der Waals surface area contributed by atoms with Crippen LogP contribution in [0.1, 0.15) is 31.9 Å². The zero-order valence-electron chi connectivity index (χ0n) is 21.5. The van der Waals surface area contributed by atoms with Crippen molar-refractivity contribution in [3.05, 3.63) is 57.6 Å². The van der Waals surface area contributed by atoms with Gasteiger partial charge >= 0.3 is 12.1 Å². The minimum atomic E-state index is -0.761. The molecule has 0 unspecified atom stereocenters. The quantitative estimate of drug-likeness (QED) is 0.241. The van der Waals surface area contributed by atoms with Gasteiger partial charge in [0.1, 0.15) is 0 Å². The van der Waals surface area contributed by atoms with Gasteiger partial charge < -0.3 is 20.9 Å². The maximum atomic E-state index is 11.7. The van der Waals surface area contributed by atoms with Gasteiger partial charge in [0.2, 0.25) is 11.9 Å². The minimum Gasteiger partial charge on any atom is -0.351 e. The molecule has 0 heterocycles. The molecule has 36 heavy (non-hydrogen) atoms. The normalized spacial score (nSPS) is 10.4. The molecule has 7 N–H and O–H groups in total. The summed E-state index contributed by atoms with van der Waals surface area (Å²) in [5.41, 5.74) is 8.02. The average Bonchev–Trinajstić information content (AvgIpc) is 2.71. The van der Waals surface area contributed by atoms with Gasteiger partial charge in [0.15, 0.2) is 0 Å². The Kier molecular flexibility index (Phi) is 11.0. The molecule has 0 atom stereocenters. The molecule has 2 aromatic rings. The first-order chi connectivity index (χ1) is 16.5. The van der Waals surface area contributed by atoms with E-state index in [0.717, 1.165) is 22.5 Å². The summed E-state index contributed by atoms with van der Waals surface area (Å²) >= 11 is 11.7. The molecular weight excluding hydrogens is 503 g/mol. The van der Waals surface area contributed by atoms with Crippen molar-refractivity contribution in [1.82, 2.24) is 16.0 Å². The largest absolute Gasteiger partial charge is 0.351 e. The molecule has 2 aromatic carbocycles. The van der Waals surface area contributed by atoms with Gasteiger partial charge in [-0.25, -0.2) is 9.59 Å². The van der Waals surface area contributed by atoms with Crippen LogP contribution in [0.25, 0.3) is 0 Å². The van der Waals surface area contributed by atoms with Crippen molar-refractivity contribution in [2.75, 3.05) is 23.9 Å². The third-order valence-electron chi connectivity index (χ3n) is 4.67. The molecule has 196 valence electrons. The van der Waals surface area contributed by atoms with Gasteiger partial charge in [-0.05, 0) is 82.1 Å². The molecule has 0 saturated heterocycles. The summed E-state index contributed by atoms with van der Waals surface area (Å²) in [6, 6.07) is 9.50. The number of primary amides is 1. The van der Waals surface area contributed by atoms with Crippen molar-refractivity contribution in [3.63, 3.8) is 0 Å². The SMILES string of the molecule is Cc1cc(Cl)ccc1N(C)C(=N)NC(=O)NC(C)(C)C.Cc1cc(Cl)ccc1N(C)C(=N)NC(N)=O. The van der Waals surface area contributed by atoms with E-state index in [2.05, 4.69) is 16.0 Å². The lowest BCUT2D eigenvalue weighted by Gasteiger charge is -2.25. The number of benzene rings is 2. The van der Waals surface area contributed by atoms with Crippen LogP contribution in [0.3, 0.4) is 0 Å². The van der Waals surface area contributed by atoms with E-state index in [1.807, 2.05) is 46.8 Å². The lowest BCUT2D eigenvalue weighted by molar-refractivity contribution is 0.236. The van der Waals surface area contributed by atoms with Gasteiger partial charge in [0.05, 0.1) is 0 Å². The van der Waals surface area contributed by atoms with Crippen LogP contribution in [0, 0.1) is 24.7 Å². The molecule has 0 aliphatic carbocycles. The number of guanidine groups is 2. The second-order valence-electron chi connectivity index (χ2n) is 9.00. The molecule has 0 aliphatic rings. The van der Waals surface area contributed by atoms with Crippen LogP contribution in [0.2, 0.25) is 10.0 Å². The van der Waals surface area contributed by atoms with E-state index in [-0.39, 0.29) is 17.5 Å². The second kappa shape index (κ2) is 13.0. The van der Waals surface area contributed by atoms with Gasteiger partial charge in [-0.15, -0.1) is 0 Å². The Morgan fingerprint density at radius 1 is 0.833 bits per heavy atom. The number of anilines is 2. The summed E-state index contributed by atoms with van der Waals surface area (Å²) in [5, 5.41) is 24.2. The maximum Gasteiger partial charge on any atom is 0.321 e. The number of rotatable bonds is 2. The Balaban J connectivity index is 0.000000369. The summed E-state index contributed by atoms with van der Waals surface area (Å²) in [4.78, 5) is 25.4. The van der Waals surface area contributed by atoms with Crippen LogP contribution in [0.5, 0.6) is 0 Å². The number of halogens is 2. The first-order valence-corrected chi connectivity index (χ1v) is 11.6. The smallest absolute Gasteiger partial charge is 0.321 e. The zero-order valence-corrected chi connectivity index (χ0v) is 23.0. The minimum absolute atomic E-state index is 0.00262. The van der Waals surface area contributed by atoms with Crippen LogP contribution in [0.15, 0.2) is 36.4 Å². The number of urea groups is 2. The van der Waals surface area contributed by atoms with Crippen LogP contribution in [0.4, 0.5) is 21.0 Å². The monoisotopic (exact) mass is 536 g/mol. The molecule has 0 bridgehead atoms. The molecule has 0 aromatic heterocycles. The summed E-state index contributed by atoms with van der Waals surface area (Å²) in [7, 11) is 3.38. The standard InChI is InChI=1S/C14H21ClN4O.C10H13ClN4O/c1-9-8-10(15)6-7-11(9)19(5)12(16)17-13(20)18-14(2,3)4;1-6-5-7(11)3-4-8(6)15(2)9(12)14-10(13)16/h6-8H,1-5H3,(H3,16,17,18,20);3-5H,1-2H3,(H4,12,13,14,16). The molecule has 10 nitrogen and oxygen atoms in total. The third kappa shape index (κ3) is 10.0. The number of nitrogens with zero attached hydrogens (tertiary/aromatic N) is 2. The fraction of sp³-hybridized carbons (Fsp3) is 0.333. The van der Waals surface area contributed by atoms with Crippen molar-refractivity contribution in [1.29, 1.82) is 10.8 Å². The highest BCUT2D eigenvalue weighted by Crippen LogP contribution is 2.23. The average molecular weight is 537 g/mol. The molecule has 4 amide bonds. The van der Waals surface area contributed by atoms with Crippen molar-refractivity contribution in [2.45, 2.75) is 40.2 Å². The van der Waals surface area contributed by atoms with Gasteiger partial charge in [-0.2, -0.15) is 0 Å². The summed E-state index contributed by atoms with van der Waals surface area (Å²) in [6.45, 7) is 9.41. The highest BCUT2D eigenvalue weighted by molar-refractivity contribution is 6.31. The highest BCUT2D eigenvalue weighted by Gasteiger charge is 2.17. The van der Waals surface area contributed by atoms with E-state index in [4.69, 9.17) is 39.8 Å². The van der Waals surface area contributed by atoms with E-state index in [0.29, 0.717) is 10.0 Å². The number of aryl methyl sites for hydroxylation is 2. The predicted molar refractivity (Wildman–Crippen MR) is 149 cm³/mol. The Morgan fingerprint density at radius 3 is 1.56 bits per heavy atom. The predicted octanol–water partition coefficient (Wildman–Crippen LogP) is 4.80. The summed E-state index contributed by atoms with van der Waals surface area (Å²) in [6.07, 6.45) is 0. The first-order valence-electron chi connectivity index (χ1n) is 10.8. The number of nitrogens with two attached hydrogens (primary N) is 1. The lowest BCUT2D eigenvalue weighted by Crippen LogP contribution is -2.51. The van der Waals surface area contributed by atoms with E-state index >= 15 is 0 Å². The van der Waals surface area contributed by atoms with Crippen molar-refractivity contribution in [3.8, 4) is 0 Å². The molecular formula is C24H34Cl2N8O2. The molecule has 2 rings (SSSR count). The summed E-state index contributed by atoms with van der Waals surface area (Å²) in [5.74, 6) is -0.0879. The van der Waals surface area contributed by atoms with Crippen LogP contribution in [-0.4, -0.2) is 43.6 Å². The van der Waals surface area contributed by atoms with E-state index < -0.39 is 12.1 Å². The van der Waals surface area contributed by atoms with Crippen LogP contribution >= 0.6 is 23.2 Å². The Morgan fingerprint density at radius 2 is 1.22 bits per heavy atom. The summed E-state index contributed by atoms with van der Waals surface area (Å²) < 4.78 is 0. The fourth-order valence-electron chi connectivity index (χ4n) is 3.00. The Bertz CT molecular complexity index is 1130.